The van der Waals surface area contributed by atoms with Crippen molar-refractivity contribution in [3.63, 3.8) is 0 Å². The number of aromatic nitrogens is 2. The summed E-state index contributed by atoms with van der Waals surface area (Å²) in [6.45, 7) is 10.6. The molecule has 1 atom stereocenters. The molecule has 0 aliphatic carbocycles. The van der Waals surface area contributed by atoms with E-state index in [4.69, 9.17) is 25.2 Å². The van der Waals surface area contributed by atoms with Gasteiger partial charge in [-0.25, -0.2) is 4.98 Å². The Bertz CT molecular complexity index is 884. The van der Waals surface area contributed by atoms with E-state index in [1.54, 1.807) is 13.1 Å². The molecule has 1 N–H and O–H groups in total. The van der Waals surface area contributed by atoms with Gasteiger partial charge < -0.3 is 18.9 Å². The summed E-state index contributed by atoms with van der Waals surface area (Å²) in [5.74, 6) is 0.208. The lowest BCUT2D eigenvalue weighted by Gasteiger charge is -2.35. The van der Waals surface area contributed by atoms with Crippen LogP contribution in [0.15, 0.2) is 34.9 Å². The number of halogens is 2. The van der Waals surface area contributed by atoms with Gasteiger partial charge in [0.1, 0.15) is 12.1 Å². The second-order valence-corrected chi connectivity index (χ2v) is 10.6. The third-order valence-electron chi connectivity index (χ3n) is 4.98. The lowest BCUT2D eigenvalue weighted by atomic mass is 9.83. The smallest absolute Gasteiger partial charge is 0.308 e. The van der Waals surface area contributed by atoms with Crippen molar-refractivity contribution in [1.29, 1.82) is 0 Å². The highest BCUT2D eigenvalue weighted by Crippen LogP contribution is 2.32. The van der Waals surface area contributed by atoms with Gasteiger partial charge in [0.15, 0.2) is 19.5 Å². The van der Waals surface area contributed by atoms with Crippen LogP contribution in [-0.2, 0) is 23.8 Å². The van der Waals surface area contributed by atoms with E-state index in [1.807, 2.05) is 12.1 Å². The highest BCUT2D eigenvalue weighted by molar-refractivity contribution is 9.10. The topological polar surface area (TPSA) is 82.6 Å². The second kappa shape index (κ2) is 12.8. The zero-order valence-electron chi connectivity index (χ0n) is 19.2. The molecule has 0 spiro atoms. The monoisotopic (exact) mass is 559 g/mol. The first kappa shape index (κ1) is 26.9. The molecule has 0 aliphatic heterocycles. The molecule has 0 fully saturated rings. The minimum Gasteiger partial charge on any atom is -0.466 e. The van der Waals surface area contributed by atoms with E-state index in [0.29, 0.717) is 16.9 Å². The van der Waals surface area contributed by atoms with Crippen molar-refractivity contribution in [2.75, 3.05) is 11.9 Å². The summed E-state index contributed by atoms with van der Waals surface area (Å²) >= 11 is 9.39. The fourth-order valence-corrected chi connectivity index (χ4v) is 5.56. The van der Waals surface area contributed by atoms with Crippen LogP contribution < -0.4 is 5.32 Å². The number of carbonyl (C=O) groups is 1. The molecule has 11 heteroatoms. The van der Waals surface area contributed by atoms with Gasteiger partial charge in [-0.2, -0.15) is 4.98 Å². The van der Waals surface area contributed by atoms with Crippen molar-refractivity contribution in [1.82, 2.24) is 9.97 Å². The maximum absolute atomic E-state index is 12.3. The van der Waals surface area contributed by atoms with Crippen LogP contribution in [0.5, 0.6) is 0 Å². The number of anilines is 1. The summed E-state index contributed by atoms with van der Waals surface area (Å²) in [6, 6.07) is 7.78. The molecule has 0 radical (unpaired) electrons. The van der Waals surface area contributed by atoms with Crippen LogP contribution in [-0.4, -0.2) is 48.4 Å². The van der Waals surface area contributed by atoms with E-state index in [9.17, 15) is 4.79 Å². The summed E-state index contributed by atoms with van der Waals surface area (Å²) in [5, 5.41) is 3.41. The molecule has 32 heavy (non-hydrogen) atoms. The number of nitrogens with one attached hydrogen (secondary N) is 1. The van der Waals surface area contributed by atoms with Gasteiger partial charge in [-0.15, -0.1) is 0 Å². The highest BCUT2D eigenvalue weighted by Gasteiger charge is 2.32. The lowest BCUT2D eigenvalue weighted by molar-refractivity contribution is -0.143. The van der Waals surface area contributed by atoms with Crippen molar-refractivity contribution in [3.8, 4) is 0 Å². The van der Waals surface area contributed by atoms with Crippen LogP contribution in [0.4, 0.5) is 5.82 Å². The fourth-order valence-electron chi connectivity index (χ4n) is 3.30. The quantitative estimate of drug-likeness (QED) is 0.182. The van der Waals surface area contributed by atoms with Gasteiger partial charge >= 0.3 is 5.97 Å². The molecule has 0 saturated heterocycles. The molecule has 1 aromatic carbocycles. The molecular weight excluding hydrogens is 530 g/mol. The number of rotatable bonds is 12. The maximum atomic E-state index is 12.3. The van der Waals surface area contributed by atoms with E-state index in [0.717, 1.165) is 11.1 Å². The van der Waals surface area contributed by atoms with Crippen LogP contribution in [0.3, 0.4) is 0 Å². The number of benzene rings is 1. The first-order valence-electron chi connectivity index (χ1n) is 10.7. The summed E-state index contributed by atoms with van der Waals surface area (Å²) in [4.78, 5) is 20.5. The molecule has 7 nitrogen and oxygen atoms in total. The van der Waals surface area contributed by atoms with E-state index in [1.165, 1.54) is 0 Å². The minimum atomic E-state index is -0.609. The average Bonchev–Trinajstić information content (AvgIpc) is 2.76. The number of hydrogen-bond acceptors (Lipinski definition) is 7. The normalized spacial score (nSPS) is 14.2. The van der Waals surface area contributed by atoms with Crippen LogP contribution in [0.2, 0.25) is 18.4 Å². The Morgan fingerprint density at radius 2 is 1.84 bits per heavy atom. The van der Waals surface area contributed by atoms with Gasteiger partial charge in [0.2, 0.25) is 5.28 Å². The minimum absolute atomic E-state index is 0.118. The molecule has 0 saturated carbocycles. The summed E-state index contributed by atoms with van der Waals surface area (Å²) in [5.41, 5.74) is 1.74. The largest absolute Gasteiger partial charge is 0.466 e. The Morgan fingerprint density at radius 3 is 2.41 bits per heavy atom. The van der Waals surface area contributed by atoms with Gasteiger partial charge in [-0.05, 0) is 45.6 Å². The third-order valence-corrected chi connectivity index (χ3v) is 7.02. The molecule has 0 aliphatic rings. The standard InChI is InChI=1S/C21H31BrClN3O4Si2/c1-6-28-17(27)11-16(25-18-15(22)12-24-20(23)26-18)13-7-9-14(10-8-13)21(2,3)19(29-31-4)30-32-5/h7-10,12,16,19H,6,11,31-32H2,1-5H3,(H,24,25,26)/t16-/m1/s1. The molecule has 1 heterocycles. The Hall–Kier alpha value is -1.31. The first-order chi connectivity index (χ1) is 15.2. The third kappa shape index (κ3) is 7.36. The number of ether oxygens (including phenoxy) is 1. The summed E-state index contributed by atoms with van der Waals surface area (Å²) in [6.07, 6.45) is 1.47. The summed E-state index contributed by atoms with van der Waals surface area (Å²) in [7, 11) is -1.22. The van der Waals surface area contributed by atoms with E-state index < -0.39 is 19.5 Å². The maximum Gasteiger partial charge on any atom is 0.308 e. The van der Waals surface area contributed by atoms with Gasteiger partial charge in [-0.1, -0.05) is 51.2 Å². The first-order valence-corrected chi connectivity index (χ1v) is 15.8. The molecule has 176 valence electrons. The van der Waals surface area contributed by atoms with E-state index >= 15 is 0 Å². The van der Waals surface area contributed by atoms with Crippen molar-refractivity contribution in [2.45, 2.75) is 58.0 Å². The molecule has 2 rings (SSSR count). The van der Waals surface area contributed by atoms with Crippen molar-refractivity contribution in [2.24, 2.45) is 0 Å². The SMILES string of the molecule is CCOC(=O)C[C@@H](Nc1nc(Cl)ncc1Br)c1ccc(C(C)(C)C(O[SiH2]C)O[SiH2]C)cc1. The molecule has 2 aromatic rings. The van der Waals surface area contributed by atoms with Gasteiger partial charge in [-0.3, -0.25) is 4.79 Å². The van der Waals surface area contributed by atoms with Crippen LogP contribution in [0.25, 0.3) is 0 Å². The number of carbonyl (C=O) groups excluding carboxylic acids is 1. The molecule has 0 unspecified atom stereocenters. The van der Waals surface area contributed by atoms with Crippen molar-refractivity contribution < 1.29 is 18.4 Å². The van der Waals surface area contributed by atoms with Crippen LogP contribution >= 0.6 is 27.5 Å². The van der Waals surface area contributed by atoms with Crippen molar-refractivity contribution in [3.05, 3.63) is 51.3 Å². The van der Waals surface area contributed by atoms with Gasteiger partial charge in [0, 0.05) is 11.6 Å². The zero-order chi connectivity index (χ0) is 23.7. The molecule has 0 amide bonds. The fraction of sp³-hybridized carbons (Fsp3) is 0.476. The lowest BCUT2D eigenvalue weighted by Crippen LogP contribution is -2.39. The Balaban J connectivity index is 2.33. The molecule has 0 bridgehead atoms. The number of hydrogen-bond donors (Lipinski definition) is 1. The highest BCUT2D eigenvalue weighted by atomic mass is 79.9. The zero-order valence-corrected chi connectivity index (χ0v) is 24.3. The summed E-state index contributed by atoms with van der Waals surface area (Å²) < 4.78 is 17.8. The predicted molar refractivity (Wildman–Crippen MR) is 137 cm³/mol. The van der Waals surface area contributed by atoms with Crippen LogP contribution in [0, 0.1) is 0 Å². The second-order valence-electron chi connectivity index (χ2n) is 7.63. The van der Waals surface area contributed by atoms with Gasteiger partial charge in [0.25, 0.3) is 0 Å². The van der Waals surface area contributed by atoms with E-state index in [-0.39, 0.29) is 35.4 Å². The Labute approximate surface area is 208 Å². The van der Waals surface area contributed by atoms with Crippen molar-refractivity contribution >= 4 is 58.8 Å². The number of nitrogens with zero attached hydrogens (tertiary/aromatic N) is 2. The Kier molecular flexibility index (Phi) is 10.8. The molecule has 1 aromatic heterocycles. The van der Waals surface area contributed by atoms with E-state index in [2.05, 4.69) is 70.3 Å². The van der Waals surface area contributed by atoms with Crippen LogP contribution in [0.1, 0.15) is 44.4 Å². The average molecular weight is 561 g/mol. The van der Waals surface area contributed by atoms with Gasteiger partial charge in [0.05, 0.1) is 23.5 Å². The number of esters is 1. The predicted octanol–water partition coefficient (Wildman–Crippen LogP) is 3.90. The molecular formula is C21H31BrClN3O4Si2. The Morgan fingerprint density at radius 1 is 1.22 bits per heavy atom.